The standard InChI is InChI=1S/C40H33Cl6N5O6S2/c1-22(24-11-26(41)15-28(13-24)48-39(52)33-17-30(19-35(43)37(33)45)50-7-3-9-58(50,54)55)10-32-5-8-51(59(32,56)57)31-18-34(38(46)36(44)20-31)40(53)49-29-14-25(12-27(42)16-29)23-4-2-6-47-21-23/h2,4,6,11-22,32H,3,5,7-10H2,1H3,(H,48,52)(H,49,53). The first kappa shape index (κ1) is 43.3. The number of pyridine rings is 1. The van der Waals surface area contributed by atoms with Crippen molar-refractivity contribution in [3.63, 3.8) is 0 Å². The Labute approximate surface area is 371 Å². The summed E-state index contributed by atoms with van der Waals surface area (Å²) in [5.41, 5.74) is 3.18. The molecule has 7 rings (SSSR count). The molecule has 308 valence electrons. The maximum absolute atomic E-state index is 14.1. The molecule has 2 unspecified atom stereocenters. The first-order valence-corrected chi connectivity index (χ1v) is 23.4. The van der Waals surface area contributed by atoms with Gasteiger partial charge in [0.1, 0.15) is 0 Å². The first-order valence-electron chi connectivity index (χ1n) is 18.1. The largest absolute Gasteiger partial charge is 0.322 e. The summed E-state index contributed by atoms with van der Waals surface area (Å²) in [6.07, 6.45) is 4.22. The van der Waals surface area contributed by atoms with Crippen LogP contribution in [0.15, 0.2) is 85.2 Å². The van der Waals surface area contributed by atoms with Gasteiger partial charge in [0, 0.05) is 52.5 Å². The molecule has 1 aromatic heterocycles. The molecule has 4 aromatic carbocycles. The molecule has 2 amide bonds. The molecule has 2 fully saturated rings. The molecule has 0 saturated carbocycles. The second-order valence-electron chi connectivity index (χ2n) is 14.1. The lowest BCUT2D eigenvalue weighted by molar-refractivity contribution is 0.101. The summed E-state index contributed by atoms with van der Waals surface area (Å²) in [4.78, 5) is 31.3. The Morgan fingerprint density at radius 3 is 1.92 bits per heavy atom. The van der Waals surface area contributed by atoms with Gasteiger partial charge >= 0.3 is 0 Å². The van der Waals surface area contributed by atoms with Gasteiger partial charge in [0.25, 0.3) is 11.8 Å². The molecule has 0 spiro atoms. The fraction of sp³-hybridized carbons (Fsp3) is 0.225. The van der Waals surface area contributed by atoms with Crippen LogP contribution in [0, 0.1) is 0 Å². The number of hydrogen-bond donors (Lipinski definition) is 2. The Morgan fingerprint density at radius 1 is 0.746 bits per heavy atom. The summed E-state index contributed by atoms with van der Waals surface area (Å²) < 4.78 is 55.7. The third-order valence-corrected chi connectivity index (χ3v) is 16.3. The minimum Gasteiger partial charge on any atom is -0.322 e. The van der Waals surface area contributed by atoms with Crippen molar-refractivity contribution in [2.75, 3.05) is 38.1 Å². The van der Waals surface area contributed by atoms with Crippen LogP contribution in [0.3, 0.4) is 0 Å². The van der Waals surface area contributed by atoms with Crippen molar-refractivity contribution in [1.29, 1.82) is 0 Å². The Kier molecular flexibility index (Phi) is 12.7. The van der Waals surface area contributed by atoms with Crippen molar-refractivity contribution in [2.24, 2.45) is 0 Å². The van der Waals surface area contributed by atoms with Crippen molar-refractivity contribution in [3.05, 3.63) is 132 Å². The number of hydrogen-bond acceptors (Lipinski definition) is 7. The summed E-state index contributed by atoms with van der Waals surface area (Å²) in [6, 6.07) is 19.1. The molecule has 0 radical (unpaired) electrons. The molecular formula is C40H33Cl6N5O6S2. The molecule has 0 aliphatic carbocycles. The Morgan fingerprint density at radius 2 is 1.34 bits per heavy atom. The lowest BCUT2D eigenvalue weighted by Gasteiger charge is -2.22. The van der Waals surface area contributed by atoms with E-state index in [0.29, 0.717) is 28.4 Å². The van der Waals surface area contributed by atoms with Crippen LogP contribution in [-0.2, 0) is 20.0 Å². The zero-order chi connectivity index (χ0) is 42.4. The molecule has 19 heteroatoms. The summed E-state index contributed by atoms with van der Waals surface area (Å²) in [5.74, 6) is -1.65. The summed E-state index contributed by atoms with van der Waals surface area (Å²) in [5, 5.41) is 5.30. The smallest absolute Gasteiger partial charge is 0.257 e. The number of halogens is 6. The van der Waals surface area contributed by atoms with Crippen LogP contribution < -0.4 is 19.2 Å². The number of aromatic nitrogens is 1. The fourth-order valence-electron chi connectivity index (χ4n) is 7.19. The lowest BCUT2D eigenvalue weighted by Crippen LogP contribution is -2.30. The van der Waals surface area contributed by atoms with Gasteiger partial charge in [0.15, 0.2) is 0 Å². The number of anilines is 4. The number of carbonyl (C=O) groups excluding carboxylic acids is 2. The molecule has 3 heterocycles. The van der Waals surface area contributed by atoms with E-state index in [9.17, 15) is 26.4 Å². The average Bonchev–Trinajstić information content (AvgIpc) is 3.69. The van der Waals surface area contributed by atoms with Crippen molar-refractivity contribution in [1.82, 2.24) is 4.98 Å². The Bertz CT molecular complexity index is 2730. The molecule has 2 N–H and O–H groups in total. The van der Waals surface area contributed by atoms with E-state index in [1.807, 2.05) is 13.0 Å². The quantitative estimate of drug-likeness (QED) is 0.142. The molecular weight excluding hydrogens is 923 g/mol. The summed E-state index contributed by atoms with van der Waals surface area (Å²) in [7, 11) is -7.52. The second-order valence-corrected chi connectivity index (χ2v) is 20.7. The number of sulfonamides is 2. The van der Waals surface area contributed by atoms with Gasteiger partial charge in [-0.25, -0.2) is 16.8 Å². The van der Waals surface area contributed by atoms with Crippen LogP contribution in [0.2, 0.25) is 30.1 Å². The Hall–Kier alpha value is -3.79. The van der Waals surface area contributed by atoms with E-state index in [2.05, 4.69) is 15.6 Å². The van der Waals surface area contributed by atoms with Crippen molar-refractivity contribution in [3.8, 4) is 11.1 Å². The van der Waals surface area contributed by atoms with Crippen LogP contribution >= 0.6 is 69.6 Å². The number of amides is 2. The Balaban J connectivity index is 1.07. The summed E-state index contributed by atoms with van der Waals surface area (Å²) >= 11 is 38.6. The highest BCUT2D eigenvalue weighted by Gasteiger charge is 2.40. The fourth-order valence-corrected chi connectivity index (χ4v) is 12.1. The minimum atomic E-state index is -3.96. The van der Waals surface area contributed by atoms with Crippen LogP contribution in [0.5, 0.6) is 0 Å². The van der Waals surface area contributed by atoms with Gasteiger partial charge in [-0.2, -0.15) is 0 Å². The minimum absolute atomic E-state index is 0.00616. The van der Waals surface area contributed by atoms with Gasteiger partial charge < -0.3 is 10.6 Å². The predicted octanol–water partition coefficient (Wildman–Crippen LogP) is 10.8. The normalized spacial score (nSPS) is 17.5. The SMILES string of the molecule is CC(CC1CCN(c2cc(Cl)c(Cl)c(C(=O)Nc3cc(Cl)cc(-c4cccnc4)c3)c2)S1(=O)=O)c1cc(Cl)cc(NC(=O)c2cc(N3CCCS3(=O)=O)cc(Cl)c2Cl)c1. The van der Waals surface area contributed by atoms with E-state index in [0.717, 1.165) is 11.1 Å². The van der Waals surface area contributed by atoms with E-state index < -0.39 is 37.1 Å². The zero-order valence-corrected chi connectivity index (χ0v) is 37.0. The number of nitrogens with one attached hydrogen (secondary N) is 2. The maximum atomic E-state index is 14.1. The number of rotatable bonds is 10. The van der Waals surface area contributed by atoms with E-state index in [1.165, 1.54) is 38.9 Å². The maximum Gasteiger partial charge on any atom is 0.257 e. The van der Waals surface area contributed by atoms with Gasteiger partial charge in [0.05, 0.1) is 53.6 Å². The number of nitrogens with zero attached hydrogens (tertiary/aromatic N) is 3. The third kappa shape index (κ3) is 9.28. The van der Waals surface area contributed by atoms with Crippen LogP contribution in [0.1, 0.15) is 58.4 Å². The topological polar surface area (TPSA) is 146 Å². The van der Waals surface area contributed by atoms with Gasteiger partial charge in [-0.3, -0.25) is 23.2 Å². The molecule has 5 aromatic rings. The second kappa shape index (κ2) is 17.3. The van der Waals surface area contributed by atoms with E-state index >= 15 is 0 Å². The predicted molar refractivity (Wildman–Crippen MR) is 238 cm³/mol. The molecule has 59 heavy (non-hydrogen) atoms. The van der Waals surface area contributed by atoms with Gasteiger partial charge in [-0.05, 0) is 103 Å². The molecule has 2 aliphatic rings. The van der Waals surface area contributed by atoms with Crippen LogP contribution in [0.25, 0.3) is 11.1 Å². The number of benzene rings is 4. The van der Waals surface area contributed by atoms with Crippen LogP contribution in [-0.4, -0.2) is 57.7 Å². The molecule has 2 atom stereocenters. The summed E-state index contributed by atoms with van der Waals surface area (Å²) in [6.45, 7) is 2.22. The van der Waals surface area contributed by atoms with E-state index in [4.69, 9.17) is 69.6 Å². The van der Waals surface area contributed by atoms with Gasteiger partial charge in [0.2, 0.25) is 20.0 Å². The van der Waals surface area contributed by atoms with Gasteiger partial charge in [-0.1, -0.05) is 82.6 Å². The first-order chi connectivity index (χ1) is 27.9. The van der Waals surface area contributed by atoms with Crippen molar-refractivity contribution in [2.45, 2.75) is 37.4 Å². The monoisotopic (exact) mass is 953 g/mol. The lowest BCUT2D eigenvalue weighted by atomic mass is 9.94. The molecule has 2 saturated heterocycles. The average molecular weight is 957 g/mol. The third-order valence-electron chi connectivity index (χ3n) is 10.1. The van der Waals surface area contributed by atoms with E-state index in [-0.39, 0.29) is 85.2 Å². The zero-order valence-electron chi connectivity index (χ0n) is 30.9. The molecule has 0 bridgehead atoms. The molecule has 11 nitrogen and oxygen atoms in total. The highest BCUT2D eigenvalue weighted by Crippen LogP contribution is 2.40. The van der Waals surface area contributed by atoms with Crippen molar-refractivity contribution < 1.29 is 26.4 Å². The van der Waals surface area contributed by atoms with Crippen molar-refractivity contribution >= 4 is 124 Å². The highest BCUT2D eigenvalue weighted by molar-refractivity contribution is 7.93. The van der Waals surface area contributed by atoms with E-state index in [1.54, 1.807) is 48.8 Å². The molecule has 2 aliphatic heterocycles. The van der Waals surface area contributed by atoms with Gasteiger partial charge in [-0.15, -0.1) is 0 Å². The van der Waals surface area contributed by atoms with Crippen LogP contribution in [0.4, 0.5) is 22.7 Å². The number of carbonyl (C=O) groups is 2. The highest BCUT2D eigenvalue weighted by atomic mass is 35.5.